The number of aliphatic carboxylic acids is 1. The van der Waals surface area contributed by atoms with E-state index in [1.54, 1.807) is 0 Å². The van der Waals surface area contributed by atoms with Crippen molar-refractivity contribution in [1.82, 2.24) is 10.2 Å². The molecule has 2 fully saturated rings. The molecule has 2 atom stereocenters. The summed E-state index contributed by atoms with van der Waals surface area (Å²) < 4.78 is 4.62. The zero-order valence-corrected chi connectivity index (χ0v) is 12.9. The molecule has 7 nitrogen and oxygen atoms in total. The lowest BCUT2D eigenvalue weighted by Gasteiger charge is -2.33. The number of hydrogen-bond donors (Lipinski definition) is 2. The summed E-state index contributed by atoms with van der Waals surface area (Å²) in [6, 6.07) is -1.47. The minimum absolute atomic E-state index is 0.0513. The Kier molecular flexibility index (Phi) is 5.63. The van der Waals surface area contributed by atoms with Crippen molar-refractivity contribution in [3.05, 3.63) is 0 Å². The summed E-state index contributed by atoms with van der Waals surface area (Å²) in [6.45, 7) is 0.432. The molecule has 0 aromatic carbocycles. The van der Waals surface area contributed by atoms with Crippen LogP contribution in [0.25, 0.3) is 0 Å². The quantitative estimate of drug-likeness (QED) is 0.817. The lowest BCUT2D eigenvalue weighted by Crippen LogP contribution is -2.54. The normalized spacial score (nSPS) is 23.9. The highest BCUT2D eigenvalue weighted by Crippen LogP contribution is 2.29. The van der Waals surface area contributed by atoms with Crippen molar-refractivity contribution >= 4 is 18.0 Å². The highest BCUT2D eigenvalue weighted by molar-refractivity contribution is 5.90. The van der Waals surface area contributed by atoms with Crippen molar-refractivity contribution in [2.75, 3.05) is 13.7 Å². The highest BCUT2D eigenvalue weighted by atomic mass is 16.5. The minimum Gasteiger partial charge on any atom is -0.480 e. The first kappa shape index (κ1) is 16.6. The number of rotatable bonds is 4. The van der Waals surface area contributed by atoms with Gasteiger partial charge in [0, 0.05) is 6.54 Å². The molecule has 7 heteroatoms. The van der Waals surface area contributed by atoms with Gasteiger partial charge in [0.05, 0.1) is 7.11 Å². The van der Waals surface area contributed by atoms with E-state index in [0.29, 0.717) is 19.4 Å². The van der Waals surface area contributed by atoms with Gasteiger partial charge in [-0.2, -0.15) is 0 Å². The zero-order valence-electron chi connectivity index (χ0n) is 12.9. The van der Waals surface area contributed by atoms with E-state index < -0.39 is 24.1 Å². The summed E-state index contributed by atoms with van der Waals surface area (Å²) in [5.74, 6) is -1.22. The Morgan fingerprint density at radius 3 is 2.41 bits per heavy atom. The van der Waals surface area contributed by atoms with Gasteiger partial charge in [0.15, 0.2) is 0 Å². The first-order valence-corrected chi connectivity index (χ1v) is 7.92. The van der Waals surface area contributed by atoms with E-state index in [-0.39, 0.29) is 11.8 Å². The molecule has 2 N–H and O–H groups in total. The molecule has 0 radical (unpaired) electrons. The van der Waals surface area contributed by atoms with Gasteiger partial charge in [-0.05, 0) is 31.6 Å². The molecule has 0 spiro atoms. The third kappa shape index (κ3) is 3.69. The molecule has 1 aliphatic carbocycles. The smallest absolute Gasteiger partial charge is 0.407 e. The van der Waals surface area contributed by atoms with Crippen LogP contribution in [-0.2, 0) is 14.3 Å². The average molecular weight is 312 g/mol. The summed E-state index contributed by atoms with van der Waals surface area (Å²) in [5, 5.41) is 11.9. The Morgan fingerprint density at radius 2 is 1.82 bits per heavy atom. The Morgan fingerprint density at radius 1 is 1.14 bits per heavy atom. The van der Waals surface area contributed by atoms with Crippen molar-refractivity contribution in [2.45, 2.75) is 57.0 Å². The third-order valence-electron chi connectivity index (χ3n) is 4.67. The number of carbonyl (C=O) groups is 3. The number of amides is 2. The number of carbonyl (C=O) groups excluding carboxylic acids is 2. The number of alkyl carbamates (subject to hydrolysis) is 1. The molecule has 1 aliphatic heterocycles. The van der Waals surface area contributed by atoms with Gasteiger partial charge in [-0.1, -0.05) is 19.3 Å². The number of nitrogens with zero attached hydrogens (tertiary/aromatic N) is 1. The van der Waals surface area contributed by atoms with Crippen molar-refractivity contribution in [1.29, 1.82) is 0 Å². The molecule has 2 aliphatic rings. The fraction of sp³-hybridized carbons (Fsp3) is 0.800. The molecule has 0 aromatic rings. The number of methoxy groups -OCH3 is 1. The number of carboxylic acids is 1. The Labute approximate surface area is 130 Å². The van der Waals surface area contributed by atoms with Gasteiger partial charge in [-0.3, -0.25) is 4.79 Å². The third-order valence-corrected chi connectivity index (χ3v) is 4.67. The van der Waals surface area contributed by atoms with E-state index in [9.17, 15) is 19.5 Å². The van der Waals surface area contributed by atoms with Crippen molar-refractivity contribution in [3.8, 4) is 0 Å². The molecule has 1 saturated carbocycles. The largest absolute Gasteiger partial charge is 0.480 e. The van der Waals surface area contributed by atoms with Crippen LogP contribution in [0, 0.1) is 5.92 Å². The van der Waals surface area contributed by atoms with E-state index in [0.717, 1.165) is 32.1 Å². The maximum absolute atomic E-state index is 12.8. The number of carboxylic acid groups (broad SMARTS) is 1. The van der Waals surface area contributed by atoms with E-state index in [2.05, 4.69) is 10.1 Å². The van der Waals surface area contributed by atoms with Gasteiger partial charge in [0.25, 0.3) is 0 Å². The van der Waals surface area contributed by atoms with E-state index >= 15 is 0 Å². The fourth-order valence-corrected chi connectivity index (χ4v) is 3.50. The second-order valence-electron chi connectivity index (χ2n) is 6.04. The Bertz CT molecular complexity index is 434. The zero-order chi connectivity index (χ0) is 16.1. The Balaban J connectivity index is 2.13. The number of ether oxygens (including phenoxy) is 1. The van der Waals surface area contributed by atoms with Gasteiger partial charge in [0.1, 0.15) is 12.1 Å². The predicted octanol–water partition coefficient (Wildman–Crippen LogP) is 1.37. The standard InChI is InChI=1S/C15H24N2O5/c1-22-15(21)16-12(10-6-3-2-4-7-10)13(18)17-9-5-8-11(17)14(19)20/h10-12H,2-9H2,1H3,(H,16,21)(H,19,20). The molecular weight excluding hydrogens is 288 g/mol. The minimum atomic E-state index is -0.980. The van der Waals surface area contributed by atoms with Crippen molar-refractivity contribution in [3.63, 3.8) is 0 Å². The average Bonchev–Trinajstić information content (AvgIpc) is 3.02. The van der Waals surface area contributed by atoms with Gasteiger partial charge < -0.3 is 20.1 Å². The number of likely N-dealkylation sites (tertiary alicyclic amines) is 1. The molecule has 124 valence electrons. The molecule has 22 heavy (non-hydrogen) atoms. The Hall–Kier alpha value is -1.79. The van der Waals surface area contributed by atoms with E-state index in [1.807, 2.05) is 0 Å². The van der Waals surface area contributed by atoms with E-state index in [1.165, 1.54) is 12.0 Å². The van der Waals surface area contributed by atoms with Crippen LogP contribution < -0.4 is 5.32 Å². The topological polar surface area (TPSA) is 95.9 Å². The number of nitrogens with one attached hydrogen (secondary N) is 1. The SMILES string of the molecule is COC(=O)NC(C(=O)N1CCCC1C(=O)O)C1CCCCC1. The van der Waals surface area contributed by atoms with Crippen LogP contribution in [0.2, 0.25) is 0 Å². The van der Waals surface area contributed by atoms with Gasteiger partial charge in [-0.15, -0.1) is 0 Å². The highest BCUT2D eigenvalue weighted by Gasteiger charge is 2.40. The monoisotopic (exact) mass is 312 g/mol. The van der Waals surface area contributed by atoms with Crippen molar-refractivity contribution < 1.29 is 24.2 Å². The lowest BCUT2D eigenvalue weighted by atomic mass is 9.83. The summed E-state index contributed by atoms with van der Waals surface area (Å²) in [7, 11) is 1.26. The summed E-state index contributed by atoms with van der Waals surface area (Å²) in [5.41, 5.74) is 0. The molecule has 0 bridgehead atoms. The summed E-state index contributed by atoms with van der Waals surface area (Å²) in [4.78, 5) is 37.1. The summed E-state index contributed by atoms with van der Waals surface area (Å²) in [6.07, 6.45) is 5.43. The lowest BCUT2D eigenvalue weighted by molar-refractivity contribution is -0.149. The van der Waals surface area contributed by atoms with Gasteiger partial charge in [-0.25, -0.2) is 9.59 Å². The van der Waals surface area contributed by atoms with Crippen LogP contribution in [0.3, 0.4) is 0 Å². The van der Waals surface area contributed by atoms with Gasteiger partial charge in [0.2, 0.25) is 5.91 Å². The van der Waals surface area contributed by atoms with Crippen LogP contribution in [0.15, 0.2) is 0 Å². The fourth-order valence-electron chi connectivity index (χ4n) is 3.50. The molecule has 0 aromatic heterocycles. The second-order valence-corrected chi connectivity index (χ2v) is 6.04. The summed E-state index contributed by atoms with van der Waals surface area (Å²) >= 11 is 0. The van der Waals surface area contributed by atoms with Crippen LogP contribution in [0.1, 0.15) is 44.9 Å². The molecule has 2 unspecified atom stereocenters. The van der Waals surface area contributed by atoms with Gasteiger partial charge >= 0.3 is 12.1 Å². The molecule has 2 amide bonds. The second kappa shape index (κ2) is 7.47. The first-order chi connectivity index (χ1) is 10.5. The maximum atomic E-state index is 12.8. The maximum Gasteiger partial charge on any atom is 0.407 e. The van der Waals surface area contributed by atoms with Crippen molar-refractivity contribution in [2.24, 2.45) is 5.92 Å². The van der Waals surface area contributed by atoms with Crippen LogP contribution in [0.4, 0.5) is 4.79 Å². The molecule has 2 rings (SSSR count). The first-order valence-electron chi connectivity index (χ1n) is 7.92. The number of hydrogen-bond acceptors (Lipinski definition) is 4. The van der Waals surface area contributed by atoms with Crippen LogP contribution >= 0.6 is 0 Å². The molecular formula is C15H24N2O5. The predicted molar refractivity (Wildman–Crippen MR) is 78.3 cm³/mol. The van der Waals surface area contributed by atoms with Crippen LogP contribution in [-0.4, -0.2) is 53.7 Å². The van der Waals surface area contributed by atoms with Crippen LogP contribution in [0.5, 0.6) is 0 Å². The van der Waals surface area contributed by atoms with E-state index in [4.69, 9.17) is 0 Å². The molecule has 1 saturated heterocycles. The molecule has 1 heterocycles.